The average molecular weight is 551 g/mol. The average Bonchev–Trinajstić information content (AvgIpc) is 3.28. The number of carboxylic acid groups (broad SMARTS) is 2. The second kappa shape index (κ2) is 15.0. The summed E-state index contributed by atoms with van der Waals surface area (Å²) in [5.74, 6) is -5.02. The zero-order chi connectivity index (χ0) is 28.2. The van der Waals surface area contributed by atoms with Crippen molar-refractivity contribution in [3.8, 4) is 0 Å². The Labute approximate surface area is 224 Å². The molecule has 0 aliphatic carbocycles. The molecule has 0 aliphatic rings. The molecule has 0 spiro atoms. The van der Waals surface area contributed by atoms with Crippen LogP contribution in [-0.4, -0.2) is 81.3 Å². The molecular weight excluding hydrogens is 516 g/mol. The van der Waals surface area contributed by atoms with E-state index in [9.17, 15) is 29.1 Å². The van der Waals surface area contributed by atoms with Gasteiger partial charge in [-0.15, -0.1) is 0 Å². The van der Waals surface area contributed by atoms with Gasteiger partial charge < -0.3 is 42.6 Å². The molecule has 38 heavy (non-hydrogen) atoms. The number of H-pyrrole nitrogens is 1. The number of carbonyl (C=O) groups is 5. The minimum Gasteiger partial charge on any atom is -0.481 e. The summed E-state index contributed by atoms with van der Waals surface area (Å²) in [6, 6.07) is 2.35. The number of amides is 3. The molecule has 0 aliphatic heterocycles. The van der Waals surface area contributed by atoms with E-state index in [4.69, 9.17) is 16.6 Å². The Morgan fingerprint density at radius 1 is 0.921 bits per heavy atom. The number of hydrogen-bond acceptors (Lipinski definition) is 8. The van der Waals surface area contributed by atoms with Gasteiger partial charge in [0.25, 0.3) is 0 Å². The number of fused-ring (bicyclic) bond motifs is 1. The Morgan fingerprint density at radius 2 is 1.55 bits per heavy atom. The first-order valence-corrected chi connectivity index (χ1v) is 12.7. The number of aromatic amines is 1. The van der Waals surface area contributed by atoms with Gasteiger partial charge in [-0.2, -0.15) is 12.6 Å². The maximum Gasteiger partial charge on any atom is 0.326 e. The van der Waals surface area contributed by atoms with Gasteiger partial charge in [0.15, 0.2) is 0 Å². The van der Waals surface area contributed by atoms with Gasteiger partial charge in [-0.25, -0.2) is 4.79 Å². The third-order valence-corrected chi connectivity index (χ3v) is 6.21. The van der Waals surface area contributed by atoms with E-state index in [0.717, 1.165) is 10.9 Å². The monoisotopic (exact) mass is 550 g/mol. The summed E-state index contributed by atoms with van der Waals surface area (Å²) in [4.78, 5) is 64.0. The van der Waals surface area contributed by atoms with Crippen molar-refractivity contribution in [3.63, 3.8) is 0 Å². The van der Waals surface area contributed by atoms with E-state index in [1.54, 1.807) is 6.20 Å². The zero-order valence-electron chi connectivity index (χ0n) is 20.7. The van der Waals surface area contributed by atoms with Crippen LogP contribution in [0.15, 0.2) is 30.5 Å². The molecule has 0 fully saturated rings. The molecule has 2 rings (SSSR count). The molecule has 2 aromatic rings. The van der Waals surface area contributed by atoms with E-state index in [1.165, 1.54) is 0 Å². The first-order valence-electron chi connectivity index (χ1n) is 12.0. The highest BCUT2D eigenvalue weighted by Gasteiger charge is 2.30. The lowest BCUT2D eigenvalue weighted by molar-refractivity contribution is -0.142. The van der Waals surface area contributed by atoms with Crippen molar-refractivity contribution in [2.24, 2.45) is 11.5 Å². The minimum absolute atomic E-state index is 0.00242. The highest BCUT2D eigenvalue weighted by Crippen LogP contribution is 2.19. The Kier molecular flexibility index (Phi) is 12.0. The van der Waals surface area contributed by atoms with Gasteiger partial charge in [0.1, 0.15) is 18.1 Å². The van der Waals surface area contributed by atoms with Gasteiger partial charge in [-0.3, -0.25) is 19.2 Å². The van der Waals surface area contributed by atoms with Gasteiger partial charge in [-0.05, 0) is 37.4 Å². The van der Waals surface area contributed by atoms with Crippen molar-refractivity contribution in [2.75, 3.05) is 12.3 Å². The van der Waals surface area contributed by atoms with Crippen molar-refractivity contribution in [3.05, 3.63) is 36.0 Å². The molecule has 14 heteroatoms. The van der Waals surface area contributed by atoms with Crippen LogP contribution in [0, 0.1) is 0 Å². The predicted molar refractivity (Wildman–Crippen MR) is 142 cm³/mol. The van der Waals surface area contributed by atoms with E-state index < -0.39 is 60.2 Å². The van der Waals surface area contributed by atoms with Crippen LogP contribution in [-0.2, 0) is 30.4 Å². The van der Waals surface area contributed by atoms with Crippen LogP contribution in [0.4, 0.5) is 0 Å². The van der Waals surface area contributed by atoms with Crippen LogP contribution < -0.4 is 27.4 Å². The Balaban J connectivity index is 2.09. The SMILES string of the molecule is NCCCCC(NC(=O)C(N)CC(=O)O)C(=O)NC(CS)C(=O)NC(Cc1c[nH]c2ccccc12)C(=O)O. The summed E-state index contributed by atoms with van der Waals surface area (Å²) in [5, 5.41) is 26.7. The van der Waals surface area contributed by atoms with Crippen LogP contribution in [0.2, 0.25) is 0 Å². The third kappa shape index (κ3) is 9.04. The number of hydrogen-bond donors (Lipinski definition) is 9. The molecule has 13 nitrogen and oxygen atoms in total. The summed E-state index contributed by atoms with van der Waals surface area (Å²) in [7, 11) is 0. The maximum absolute atomic E-state index is 13.0. The maximum atomic E-state index is 13.0. The van der Waals surface area contributed by atoms with Crippen LogP contribution in [0.1, 0.15) is 31.2 Å². The van der Waals surface area contributed by atoms with Crippen LogP contribution in [0.5, 0.6) is 0 Å². The Hall–Kier alpha value is -3.62. The number of unbranched alkanes of at least 4 members (excludes halogenated alkanes) is 1. The number of nitrogens with one attached hydrogen (secondary N) is 4. The van der Waals surface area contributed by atoms with E-state index in [1.807, 2.05) is 24.3 Å². The van der Waals surface area contributed by atoms with Crippen molar-refractivity contribution in [2.45, 2.75) is 56.3 Å². The number of aromatic nitrogens is 1. The van der Waals surface area contributed by atoms with Crippen molar-refractivity contribution in [1.29, 1.82) is 0 Å². The summed E-state index contributed by atoms with van der Waals surface area (Å²) >= 11 is 4.12. The first-order chi connectivity index (χ1) is 18.1. The summed E-state index contributed by atoms with van der Waals surface area (Å²) in [5.41, 5.74) is 12.6. The Morgan fingerprint density at radius 3 is 2.18 bits per heavy atom. The number of aliphatic carboxylic acids is 2. The molecule has 0 saturated carbocycles. The highest BCUT2D eigenvalue weighted by molar-refractivity contribution is 7.80. The number of benzene rings is 1. The fourth-order valence-corrected chi connectivity index (χ4v) is 4.04. The predicted octanol–water partition coefficient (Wildman–Crippen LogP) is -0.890. The molecular formula is C24H34N6O7S. The molecule has 0 saturated heterocycles. The van der Waals surface area contributed by atoms with Crippen molar-refractivity contribution in [1.82, 2.24) is 20.9 Å². The van der Waals surface area contributed by atoms with Gasteiger partial charge in [0.05, 0.1) is 12.5 Å². The number of para-hydroxylation sites is 1. The molecule has 4 unspecified atom stereocenters. The number of carboxylic acids is 2. The molecule has 0 bridgehead atoms. The largest absolute Gasteiger partial charge is 0.481 e. The number of nitrogens with two attached hydrogens (primary N) is 2. The van der Waals surface area contributed by atoms with Gasteiger partial charge in [0.2, 0.25) is 17.7 Å². The molecule has 208 valence electrons. The van der Waals surface area contributed by atoms with Gasteiger partial charge >= 0.3 is 11.9 Å². The van der Waals surface area contributed by atoms with E-state index in [0.29, 0.717) is 24.9 Å². The van der Waals surface area contributed by atoms with E-state index in [2.05, 4.69) is 33.6 Å². The quantitative estimate of drug-likeness (QED) is 0.0931. The molecule has 10 N–H and O–H groups in total. The number of rotatable bonds is 16. The van der Waals surface area contributed by atoms with Gasteiger partial charge in [-0.1, -0.05) is 18.2 Å². The summed E-state index contributed by atoms with van der Waals surface area (Å²) in [6.45, 7) is 0.357. The number of thiol groups is 1. The zero-order valence-corrected chi connectivity index (χ0v) is 21.6. The lowest BCUT2D eigenvalue weighted by atomic mass is 10.0. The molecule has 1 heterocycles. The molecule has 4 atom stereocenters. The fraction of sp³-hybridized carbons (Fsp3) is 0.458. The molecule has 0 radical (unpaired) electrons. The smallest absolute Gasteiger partial charge is 0.326 e. The highest BCUT2D eigenvalue weighted by atomic mass is 32.1. The van der Waals surface area contributed by atoms with E-state index >= 15 is 0 Å². The van der Waals surface area contributed by atoms with Crippen molar-refractivity contribution < 1.29 is 34.2 Å². The van der Waals surface area contributed by atoms with Gasteiger partial charge in [0, 0.05) is 29.3 Å². The number of carbonyl (C=O) groups excluding carboxylic acids is 3. The normalized spacial score (nSPS) is 14.2. The molecule has 1 aromatic heterocycles. The second-order valence-electron chi connectivity index (χ2n) is 8.76. The first kappa shape index (κ1) is 30.6. The van der Waals surface area contributed by atoms with Crippen LogP contribution in [0.3, 0.4) is 0 Å². The van der Waals surface area contributed by atoms with Crippen LogP contribution in [0.25, 0.3) is 10.9 Å². The van der Waals surface area contributed by atoms with Crippen LogP contribution >= 0.6 is 12.6 Å². The second-order valence-corrected chi connectivity index (χ2v) is 9.12. The summed E-state index contributed by atoms with van der Waals surface area (Å²) in [6.07, 6.45) is 2.23. The molecule has 3 amide bonds. The van der Waals surface area contributed by atoms with Crippen molar-refractivity contribution >= 4 is 53.2 Å². The molecule has 1 aromatic carbocycles. The summed E-state index contributed by atoms with van der Waals surface area (Å²) < 4.78 is 0. The topological polar surface area (TPSA) is 230 Å². The van der Waals surface area contributed by atoms with E-state index in [-0.39, 0.29) is 18.6 Å². The Bertz CT molecular complexity index is 1140. The minimum atomic E-state index is -1.37. The lowest BCUT2D eigenvalue weighted by Crippen LogP contribution is -2.58. The lowest BCUT2D eigenvalue weighted by Gasteiger charge is -2.24. The fourth-order valence-electron chi connectivity index (χ4n) is 3.78. The third-order valence-electron chi connectivity index (χ3n) is 5.84. The standard InChI is InChI=1S/C24H34N6O7S/c25-8-4-3-7-17(28-21(33)15(26)10-20(31)32)22(34)30-19(12-38)23(35)29-18(24(36)37)9-13-11-27-16-6-2-1-5-14(13)16/h1-2,5-6,11,15,17-19,27,38H,3-4,7-10,12,25-26H2,(H,28,33)(H,29,35)(H,30,34)(H,31,32)(H,36,37).